The third-order valence-corrected chi connectivity index (χ3v) is 4.07. The summed E-state index contributed by atoms with van der Waals surface area (Å²) in [5.74, 6) is 0.509. The van der Waals surface area contributed by atoms with E-state index in [0.29, 0.717) is 35.2 Å². The van der Waals surface area contributed by atoms with Crippen molar-refractivity contribution in [1.29, 1.82) is 0 Å². The Labute approximate surface area is 147 Å². The maximum absolute atomic E-state index is 11.9. The van der Waals surface area contributed by atoms with Crippen molar-refractivity contribution in [2.75, 3.05) is 11.9 Å². The molecule has 0 saturated heterocycles. The van der Waals surface area contributed by atoms with Gasteiger partial charge in [-0.25, -0.2) is 0 Å². The van der Waals surface area contributed by atoms with Gasteiger partial charge in [0.15, 0.2) is 0 Å². The van der Waals surface area contributed by atoms with Gasteiger partial charge >= 0.3 is 0 Å². The summed E-state index contributed by atoms with van der Waals surface area (Å²) >= 11 is 15.2. The number of carbonyl (C=O) groups is 1. The number of carbonyl (C=O) groups excluding carboxylic acids is 1. The number of benzene rings is 2. The van der Waals surface area contributed by atoms with Crippen LogP contribution in [0, 0.1) is 0 Å². The predicted molar refractivity (Wildman–Crippen MR) is 94.0 cm³/mol. The summed E-state index contributed by atoms with van der Waals surface area (Å²) in [6.45, 7) is 0.407. The average molecular weight is 403 g/mol. The summed E-state index contributed by atoms with van der Waals surface area (Å²) in [5, 5.41) is 3.87. The zero-order valence-corrected chi connectivity index (χ0v) is 14.7. The van der Waals surface area contributed by atoms with Crippen LogP contribution in [0.5, 0.6) is 5.75 Å². The van der Waals surface area contributed by atoms with Gasteiger partial charge in [-0.3, -0.25) is 4.79 Å². The lowest BCUT2D eigenvalue weighted by atomic mass is 10.2. The molecule has 1 N–H and O–H groups in total. The van der Waals surface area contributed by atoms with Gasteiger partial charge in [-0.1, -0.05) is 35.3 Å². The summed E-state index contributed by atoms with van der Waals surface area (Å²) in [6.07, 6.45) is 0.960. The molecule has 0 bridgehead atoms. The van der Waals surface area contributed by atoms with Crippen molar-refractivity contribution in [3.05, 3.63) is 57.0 Å². The molecule has 22 heavy (non-hydrogen) atoms. The number of nitrogens with one attached hydrogen (secondary N) is 1. The Morgan fingerprint density at radius 1 is 1.18 bits per heavy atom. The van der Waals surface area contributed by atoms with Crippen LogP contribution in [-0.4, -0.2) is 12.5 Å². The zero-order chi connectivity index (χ0) is 15.9. The lowest BCUT2D eigenvalue weighted by Gasteiger charge is -2.09. The normalized spacial score (nSPS) is 10.3. The smallest absolute Gasteiger partial charge is 0.224 e. The van der Waals surface area contributed by atoms with E-state index < -0.39 is 0 Å². The first-order valence-corrected chi connectivity index (χ1v) is 8.23. The fourth-order valence-electron chi connectivity index (χ4n) is 1.78. The van der Waals surface area contributed by atoms with Gasteiger partial charge in [-0.15, -0.1) is 0 Å². The van der Waals surface area contributed by atoms with Crippen molar-refractivity contribution in [2.24, 2.45) is 0 Å². The first kappa shape index (κ1) is 17.1. The second-order valence-corrected chi connectivity index (χ2v) is 6.25. The van der Waals surface area contributed by atoms with Crippen LogP contribution in [0.3, 0.4) is 0 Å². The molecule has 0 aliphatic rings. The maximum atomic E-state index is 11.9. The number of halogens is 3. The second-order valence-electron chi connectivity index (χ2n) is 4.55. The molecule has 0 unspecified atom stereocenters. The van der Waals surface area contributed by atoms with E-state index in [-0.39, 0.29) is 5.91 Å². The van der Waals surface area contributed by atoms with Crippen molar-refractivity contribution in [3.63, 3.8) is 0 Å². The molecule has 1 amide bonds. The first-order valence-electron chi connectivity index (χ1n) is 6.68. The molecule has 0 aromatic heterocycles. The standard InChI is InChI=1S/C16H14BrCl2NO2/c17-12-4-1-2-5-14(12)20-16(21)6-3-9-22-15-8-7-11(18)10-13(15)19/h1-2,4-5,7-8,10H,3,6,9H2,(H,20,21). The van der Waals surface area contributed by atoms with Crippen LogP contribution >= 0.6 is 39.1 Å². The van der Waals surface area contributed by atoms with Crippen LogP contribution in [0.25, 0.3) is 0 Å². The lowest BCUT2D eigenvalue weighted by Crippen LogP contribution is -2.13. The highest BCUT2D eigenvalue weighted by Crippen LogP contribution is 2.27. The summed E-state index contributed by atoms with van der Waals surface area (Å²) < 4.78 is 6.39. The number of hydrogen-bond donors (Lipinski definition) is 1. The molecule has 116 valence electrons. The van der Waals surface area contributed by atoms with Crippen LogP contribution in [0.1, 0.15) is 12.8 Å². The Hall–Kier alpha value is -1.23. The van der Waals surface area contributed by atoms with Gasteiger partial charge in [0.25, 0.3) is 0 Å². The Morgan fingerprint density at radius 3 is 2.68 bits per heavy atom. The fourth-order valence-corrected chi connectivity index (χ4v) is 2.63. The number of ether oxygens (including phenoxy) is 1. The highest BCUT2D eigenvalue weighted by atomic mass is 79.9. The second kappa shape index (κ2) is 8.42. The van der Waals surface area contributed by atoms with Crippen molar-refractivity contribution in [2.45, 2.75) is 12.8 Å². The Balaban J connectivity index is 1.74. The quantitative estimate of drug-likeness (QED) is 0.643. The highest BCUT2D eigenvalue weighted by Gasteiger charge is 2.06. The molecule has 0 aliphatic carbocycles. The van der Waals surface area contributed by atoms with Gasteiger partial charge in [0.1, 0.15) is 5.75 Å². The minimum atomic E-state index is -0.0577. The Kier molecular flexibility index (Phi) is 6.55. The summed E-state index contributed by atoms with van der Waals surface area (Å²) in [5.41, 5.74) is 0.758. The van der Waals surface area contributed by atoms with E-state index in [9.17, 15) is 4.79 Å². The van der Waals surface area contributed by atoms with E-state index in [1.54, 1.807) is 18.2 Å². The van der Waals surface area contributed by atoms with Gasteiger partial charge < -0.3 is 10.1 Å². The van der Waals surface area contributed by atoms with E-state index in [1.165, 1.54) is 0 Å². The molecule has 6 heteroatoms. The Bertz CT molecular complexity index is 664. The van der Waals surface area contributed by atoms with Crippen molar-refractivity contribution >= 4 is 50.7 Å². The topological polar surface area (TPSA) is 38.3 Å². The van der Waals surface area contributed by atoms with Crippen LogP contribution < -0.4 is 10.1 Å². The minimum Gasteiger partial charge on any atom is -0.492 e. The molecular weight excluding hydrogens is 389 g/mol. The summed E-state index contributed by atoms with van der Waals surface area (Å²) in [7, 11) is 0. The van der Waals surface area contributed by atoms with Crippen LogP contribution in [0.15, 0.2) is 46.9 Å². The van der Waals surface area contributed by atoms with E-state index in [1.807, 2.05) is 24.3 Å². The molecule has 0 heterocycles. The molecule has 0 fully saturated rings. The molecule has 0 spiro atoms. The zero-order valence-electron chi connectivity index (χ0n) is 11.6. The molecule has 0 aliphatic heterocycles. The van der Waals surface area contributed by atoms with Crippen LogP contribution in [-0.2, 0) is 4.79 Å². The predicted octanol–water partition coefficient (Wildman–Crippen LogP) is 5.55. The average Bonchev–Trinajstić information content (AvgIpc) is 2.48. The van der Waals surface area contributed by atoms with E-state index in [0.717, 1.165) is 10.2 Å². The fraction of sp³-hybridized carbons (Fsp3) is 0.188. The van der Waals surface area contributed by atoms with Crippen molar-refractivity contribution in [3.8, 4) is 5.75 Å². The number of rotatable bonds is 6. The molecule has 0 radical (unpaired) electrons. The van der Waals surface area contributed by atoms with Crippen LogP contribution in [0.2, 0.25) is 10.0 Å². The summed E-state index contributed by atoms with van der Waals surface area (Å²) in [4.78, 5) is 11.9. The van der Waals surface area contributed by atoms with Gasteiger partial charge in [0, 0.05) is 15.9 Å². The largest absolute Gasteiger partial charge is 0.492 e. The number of anilines is 1. The SMILES string of the molecule is O=C(CCCOc1ccc(Cl)cc1Cl)Nc1ccccc1Br. The van der Waals surface area contributed by atoms with E-state index in [4.69, 9.17) is 27.9 Å². The minimum absolute atomic E-state index is 0.0577. The molecule has 2 rings (SSSR count). The van der Waals surface area contributed by atoms with E-state index >= 15 is 0 Å². The monoisotopic (exact) mass is 401 g/mol. The van der Waals surface area contributed by atoms with Gasteiger partial charge in [-0.2, -0.15) is 0 Å². The number of para-hydroxylation sites is 1. The highest BCUT2D eigenvalue weighted by molar-refractivity contribution is 9.10. The third-order valence-electron chi connectivity index (χ3n) is 2.85. The van der Waals surface area contributed by atoms with E-state index in [2.05, 4.69) is 21.2 Å². The molecule has 3 nitrogen and oxygen atoms in total. The van der Waals surface area contributed by atoms with Gasteiger partial charge in [0.2, 0.25) is 5.91 Å². The van der Waals surface area contributed by atoms with Crippen molar-refractivity contribution in [1.82, 2.24) is 0 Å². The van der Waals surface area contributed by atoms with Crippen LogP contribution in [0.4, 0.5) is 5.69 Å². The molecule has 0 saturated carbocycles. The molecule has 2 aromatic rings. The maximum Gasteiger partial charge on any atom is 0.224 e. The lowest BCUT2D eigenvalue weighted by molar-refractivity contribution is -0.116. The van der Waals surface area contributed by atoms with Gasteiger partial charge in [-0.05, 0) is 52.7 Å². The molecule has 0 atom stereocenters. The van der Waals surface area contributed by atoms with Crippen molar-refractivity contribution < 1.29 is 9.53 Å². The Morgan fingerprint density at radius 2 is 1.95 bits per heavy atom. The molecule has 2 aromatic carbocycles. The number of amides is 1. The number of hydrogen-bond acceptors (Lipinski definition) is 2. The summed E-state index contributed by atoms with van der Waals surface area (Å²) in [6, 6.07) is 12.5. The first-order chi connectivity index (χ1) is 10.6. The molecular formula is C16H14BrCl2NO2. The third kappa shape index (κ3) is 5.20. The van der Waals surface area contributed by atoms with Gasteiger partial charge in [0.05, 0.1) is 17.3 Å².